The van der Waals surface area contributed by atoms with E-state index in [1.807, 2.05) is 0 Å². The van der Waals surface area contributed by atoms with Gasteiger partial charge in [-0.1, -0.05) is 11.6 Å². The number of nitro groups is 1. The van der Waals surface area contributed by atoms with Gasteiger partial charge in [-0.05, 0) is 23.1 Å². The number of anilines is 1. The molecule has 23 heavy (non-hydrogen) atoms. The van der Waals surface area contributed by atoms with Crippen LogP contribution in [0.4, 0.5) is 24.7 Å². The highest BCUT2D eigenvalue weighted by atomic mass is 35.5. The number of nitrogens with zero attached hydrogens (tertiary/aromatic N) is 3. The third-order valence-electron chi connectivity index (χ3n) is 2.69. The highest BCUT2D eigenvalue weighted by molar-refractivity contribution is 6.33. The lowest BCUT2D eigenvalue weighted by Crippen LogP contribution is -2.19. The highest BCUT2D eigenvalue weighted by Gasteiger charge is 2.31. The van der Waals surface area contributed by atoms with Crippen LogP contribution in [0.25, 0.3) is 0 Å². The molecule has 0 unspecified atom stereocenters. The Balaban J connectivity index is 2.11. The van der Waals surface area contributed by atoms with E-state index in [4.69, 9.17) is 11.6 Å². The number of carbonyl (C=O) groups excluding carboxylic acids is 1. The zero-order valence-electron chi connectivity index (χ0n) is 11.2. The average Bonchev–Trinajstić information content (AvgIpc) is 2.88. The van der Waals surface area contributed by atoms with E-state index >= 15 is 0 Å². The summed E-state index contributed by atoms with van der Waals surface area (Å²) >= 11 is 5.75. The van der Waals surface area contributed by atoms with Crippen molar-refractivity contribution in [1.82, 2.24) is 9.78 Å². The molecule has 0 atom stereocenters. The minimum absolute atomic E-state index is 0.0715. The Morgan fingerprint density at radius 1 is 1.39 bits per heavy atom. The van der Waals surface area contributed by atoms with E-state index in [1.165, 1.54) is 6.20 Å². The molecule has 1 aromatic carbocycles. The zero-order chi connectivity index (χ0) is 17.2. The number of halogens is 4. The molecule has 1 N–H and O–H groups in total. The number of nitrogens with one attached hydrogen (secondary N) is 1. The zero-order valence-corrected chi connectivity index (χ0v) is 11.9. The van der Waals surface area contributed by atoms with Crippen molar-refractivity contribution in [2.75, 3.05) is 5.32 Å². The third-order valence-corrected chi connectivity index (χ3v) is 3.02. The monoisotopic (exact) mass is 348 g/mol. The first-order valence-electron chi connectivity index (χ1n) is 6.01. The lowest BCUT2D eigenvalue weighted by molar-refractivity contribution is -0.389. The van der Waals surface area contributed by atoms with Crippen LogP contribution in [0.15, 0.2) is 30.5 Å². The van der Waals surface area contributed by atoms with Gasteiger partial charge in [0.15, 0.2) is 0 Å². The smallest absolute Gasteiger partial charge is 0.358 e. The summed E-state index contributed by atoms with van der Waals surface area (Å²) in [5, 5.41) is 16.1. The molecule has 0 fully saturated rings. The van der Waals surface area contributed by atoms with Crippen LogP contribution in [0, 0.1) is 10.1 Å². The molecule has 0 aliphatic carbocycles. The van der Waals surface area contributed by atoms with E-state index in [2.05, 4.69) is 10.4 Å². The van der Waals surface area contributed by atoms with E-state index in [0.717, 1.165) is 22.9 Å². The molecule has 1 aromatic heterocycles. The van der Waals surface area contributed by atoms with Gasteiger partial charge in [0, 0.05) is 0 Å². The van der Waals surface area contributed by atoms with E-state index in [0.29, 0.717) is 6.07 Å². The average molecular weight is 349 g/mol. The normalized spacial score (nSPS) is 11.3. The van der Waals surface area contributed by atoms with Gasteiger partial charge in [0.05, 0.1) is 33.6 Å². The van der Waals surface area contributed by atoms with Gasteiger partial charge >= 0.3 is 12.0 Å². The Morgan fingerprint density at radius 2 is 2.09 bits per heavy atom. The molecule has 11 heteroatoms. The first-order chi connectivity index (χ1) is 10.7. The van der Waals surface area contributed by atoms with Crippen LogP contribution < -0.4 is 5.32 Å². The van der Waals surface area contributed by atoms with Gasteiger partial charge < -0.3 is 15.4 Å². The maximum absolute atomic E-state index is 12.6. The minimum Gasteiger partial charge on any atom is -0.358 e. The van der Waals surface area contributed by atoms with Crippen molar-refractivity contribution < 1.29 is 22.9 Å². The van der Waals surface area contributed by atoms with Crippen molar-refractivity contribution in [3.05, 3.63) is 51.2 Å². The van der Waals surface area contributed by atoms with Gasteiger partial charge in [0.25, 0.3) is 0 Å². The second kappa shape index (κ2) is 6.24. The molecule has 7 nitrogen and oxygen atoms in total. The van der Waals surface area contributed by atoms with Crippen molar-refractivity contribution in [1.29, 1.82) is 0 Å². The largest absolute Gasteiger partial charge is 0.416 e. The molecule has 0 radical (unpaired) electrons. The van der Waals surface area contributed by atoms with E-state index in [1.54, 1.807) is 0 Å². The van der Waals surface area contributed by atoms with Crippen LogP contribution in [0.2, 0.25) is 5.02 Å². The Morgan fingerprint density at radius 3 is 2.65 bits per heavy atom. The van der Waals surface area contributed by atoms with E-state index in [9.17, 15) is 28.1 Å². The molecule has 0 aliphatic heterocycles. The van der Waals surface area contributed by atoms with Gasteiger partial charge in [-0.25, -0.2) is 0 Å². The third kappa shape index (κ3) is 4.19. The second-order valence-electron chi connectivity index (χ2n) is 4.37. The SMILES string of the molecule is O=C(Cn1ccc([N+](=O)[O-])n1)Nc1cc(C(F)(F)F)ccc1Cl. The van der Waals surface area contributed by atoms with E-state index in [-0.39, 0.29) is 10.7 Å². The van der Waals surface area contributed by atoms with Gasteiger partial charge in [0.1, 0.15) is 6.54 Å². The van der Waals surface area contributed by atoms with Gasteiger partial charge in [-0.2, -0.15) is 17.9 Å². The lowest BCUT2D eigenvalue weighted by Gasteiger charge is -2.11. The number of hydrogen-bond donors (Lipinski definition) is 1. The predicted molar refractivity (Wildman–Crippen MR) is 74.0 cm³/mol. The van der Waals surface area contributed by atoms with Crippen LogP contribution in [-0.2, 0) is 17.5 Å². The van der Waals surface area contributed by atoms with Gasteiger partial charge in [0.2, 0.25) is 5.91 Å². The molecule has 0 saturated carbocycles. The fourth-order valence-corrected chi connectivity index (χ4v) is 1.84. The molecule has 1 amide bonds. The minimum atomic E-state index is -4.58. The van der Waals surface area contributed by atoms with Crippen molar-refractivity contribution in [3.8, 4) is 0 Å². The molecule has 0 saturated heterocycles. The van der Waals surface area contributed by atoms with Crippen LogP contribution in [0.5, 0.6) is 0 Å². The summed E-state index contributed by atoms with van der Waals surface area (Å²) in [6.07, 6.45) is -3.38. The summed E-state index contributed by atoms with van der Waals surface area (Å²) in [7, 11) is 0. The van der Waals surface area contributed by atoms with Gasteiger partial charge in [-0.15, -0.1) is 0 Å². The van der Waals surface area contributed by atoms with Crippen LogP contribution in [0.3, 0.4) is 0 Å². The number of alkyl halides is 3. The Labute approximate surface area is 131 Å². The molecule has 2 rings (SSSR count). The molecule has 0 spiro atoms. The standard InChI is InChI=1S/C12H8ClF3N4O3/c13-8-2-1-7(12(14,15)16)5-9(8)17-11(21)6-19-4-3-10(18-19)20(22)23/h1-5H,6H2,(H,17,21). The fraction of sp³-hybridized carbons (Fsp3) is 0.167. The van der Waals surface area contributed by atoms with Crippen molar-refractivity contribution >= 4 is 29.0 Å². The fourth-order valence-electron chi connectivity index (χ4n) is 1.67. The molecule has 0 bridgehead atoms. The maximum atomic E-state index is 12.6. The molecular weight excluding hydrogens is 341 g/mol. The van der Waals surface area contributed by atoms with Crippen molar-refractivity contribution in [2.24, 2.45) is 0 Å². The molecule has 122 valence electrons. The number of carbonyl (C=O) groups is 1. The predicted octanol–water partition coefficient (Wildman–Crippen LogP) is 3.10. The van der Waals surface area contributed by atoms with E-state index < -0.39 is 34.9 Å². The summed E-state index contributed by atoms with van der Waals surface area (Å²) in [6, 6.07) is 3.59. The highest BCUT2D eigenvalue weighted by Crippen LogP contribution is 2.33. The summed E-state index contributed by atoms with van der Waals surface area (Å²) in [6.45, 7) is -0.416. The first kappa shape index (κ1) is 16.7. The topological polar surface area (TPSA) is 90.1 Å². The van der Waals surface area contributed by atoms with Crippen molar-refractivity contribution in [2.45, 2.75) is 12.7 Å². The van der Waals surface area contributed by atoms with Crippen LogP contribution >= 0.6 is 11.6 Å². The summed E-state index contributed by atoms with van der Waals surface area (Å²) < 4.78 is 38.9. The van der Waals surface area contributed by atoms with Crippen molar-refractivity contribution in [3.63, 3.8) is 0 Å². The number of amides is 1. The number of aromatic nitrogens is 2. The van der Waals surface area contributed by atoms with Crippen LogP contribution in [-0.4, -0.2) is 20.6 Å². The number of rotatable bonds is 4. The molecule has 1 heterocycles. The molecular formula is C12H8ClF3N4O3. The van der Waals surface area contributed by atoms with Gasteiger partial charge in [-0.3, -0.25) is 4.79 Å². The maximum Gasteiger partial charge on any atom is 0.416 e. The quantitative estimate of drug-likeness (QED) is 0.679. The Bertz CT molecular complexity index is 760. The molecule has 0 aliphatic rings. The van der Waals surface area contributed by atoms with Crippen LogP contribution in [0.1, 0.15) is 5.56 Å². The lowest BCUT2D eigenvalue weighted by atomic mass is 10.2. The Hall–Kier alpha value is -2.62. The summed E-state index contributed by atoms with van der Waals surface area (Å²) in [5.41, 5.74) is -1.18. The number of benzene rings is 1. The first-order valence-corrected chi connectivity index (χ1v) is 6.39. The summed E-state index contributed by atoms with van der Waals surface area (Å²) in [4.78, 5) is 21.5. The molecule has 2 aromatic rings. The summed E-state index contributed by atoms with van der Waals surface area (Å²) in [5.74, 6) is -1.18. The Kier molecular flexibility index (Phi) is 4.55. The number of hydrogen-bond acceptors (Lipinski definition) is 4. The second-order valence-corrected chi connectivity index (χ2v) is 4.78.